The molecule has 1 atom stereocenters. The van der Waals surface area contributed by atoms with Crippen LogP contribution in [-0.4, -0.2) is 23.6 Å². The van der Waals surface area contributed by atoms with Crippen molar-refractivity contribution < 1.29 is 19.4 Å². The van der Waals surface area contributed by atoms with E-state index in [-0.39, 0.29) is 5.91 Å². The number of rotatable bonds is 4. The monoisotopic (exact) mass is 298 g/mol. The van der Waals surface area contributed by atoms with Gasteiger partial charge >= 0.3 is 5.97 Å². The summed E-state index contributed by atoms with van der Waals surface area (Å²) in [5.41, 5.74) is 1.97. The third-order valence-electron chi connectivity index (χ3n) is 3.33. The SMILES string of the molecule is O=C(O)COc1ccccc1[C@H]1NC(=O)c2ccccc2N1. The predicted octanol–water partition coefficient (Wildman–Crippen LogP) is 2.00. The van der Waals surface area contributed by atoms with E-state index in [2.05, 4.69) is 10.6 Å². The Morgan fingerprint density at radius 2 is 1.82 bits per heavy atom. The van der Waals surface area contributed by atoms with Crippen LogP contribution in [0.1, 0.15) is 22.1 Å². The molecule has 0 aromatic heterocycles. The molecule has 0 saturated carbocycles. The fourth-order valence-electron chi connectivity index (χ4n) is 2.35. The standard InChI is InChI=1S/C16H14N2O4/c19-14(20)9-22-13-8-4-2-6-11(13)15-17-12-7-3-1-5-10(12)16(21)18-15/h1-8,15,17H,9H2,(H,18,21)(H,19,20)/t15-/m1/s1. The Kier molecular flexibility index (Phi) is 3.65. The van der Waals surface area contributed by atoms with Crippen molar-refractivity contribution in [2.45, 2.75) is 6.17 Å². The Balaban J connectivity index is 1.89. The summed E-state index contributed by atoms with van der Waals surface area (Å²) in [6, 6.07) is 14.2. The summed E-state index contributed by atoms with van der Waals surface area (Å²) < 4.78 is 5.28. The van der Waals surface area contributed by atoms with Gasteiger partial charge < -0.3 is 20.5 Å². The van der Waals surface area contributed by atoms with Crippen LogP contribution in [0, 0.1) is 0 Å². The highest BCUT2D eigenvalue weighted by molar-refractivity contribution is 6.01. The molecule has 0 bridgehead atoms. The zero-order chi connectivity index (χ0) is 15.5. The van der Waals surface area contributed by atoms with Crippen molar-refractivity contribution in [2.24, 2.45) is 0 Å². The Hall–Kier alpha value is -3.02. The fourth-order valence-corrected chi connectivity index (χ4v) is 2.35. The molecule has 112 valence electrons. The van der Waals surface area contributed by atoms with E-state index in [1.54, 1.807) is 36.4 Å². The maximum atomic E-state index is 12.2. The van der Waals surface area contributed by atoms with E-state index in [0.29, 0.717) is 16.9 Å². The molecular formula is C16H14N2O4. The molecule has 1 aliphatic heterocycles. The van der Waals surface area contributed by atoms with Gasteiger partial charge in [-0.25, -0.2) is 4.79 Å². The van der Waals surface area contributed by atoms with Crippen molar-refractivity contribution in [3.05, 3.63) is 59.7 Å². The number of fused-ring (bicyclic) bond motifs is 1. The summed E-state index contributed by atoms with van der Waals surface area (Å²) in [7, 11) is 0. The van der Waals surface area contributed by atoms with E-state index in [9.17, 15) is 9.59 Å². The van der Waals surface area contributed by atoms with Crippen LogP contribution < -0.4 is 15.4 Å². The molecule has 2 aromatic carbocycles. The highest BCUT2D eigenvalue weighted by Crippen LogP contribution is 2.31. The molecule has 0 aliphatic carbocycles. The molecule has 2 aromatic rings. The van der Waals surface area contributed by atoms with Crippen LogP contribution in [0.25, 0.3) is 0 Å². The van der Waals surface area contributed by atoms with Crippen LogP contribution in [0.3, 0.4) is 0 Å². The summed E-state index contributed by atoms with van der Waals surface area (Å²) in [5, 5.41) is 14.8. The quantitative estimate of drug-likeness (QED) is 0.803. The van der Waals surface area contributed by atoms with Crippen LogP contribution in [0.15, 0.2) is 48.5 Å². The third-order valence-corrected chi connectivity index (χ3v) is 3.33. The lowest BCUT2D eigenvalue weighted by molar-refractivity contribution is -0.139. The van der Waals surface area contributed by atoms with Crippen molar-refractivity contribution in [1.82, 2.24) is 5.32 Å². The summed E-state index contributed by atoms with van der Waals surface area (Å²) in [6.45, 7) is -0.436. The zero-order valence-electron chi connectivity index (χ0n) is 11.6. The van der Waals surface area contributed by atoms with Gasteiger partial charge in [-0.3, -0.25) is 4.79 Å². The number of carbonyl (C=O) groups excluding carboxylic acids is 1. The van der Waals surface area contributed by atoms with E-state index in [0.717, 1.165) is 5.69 Å². The largest absolute Gasteiger partial charge is 0.481 e. The van der Waals surface area contributed by atoms with Gasteiger partial charge in [-0.05, 0) is 18.2 Å². The summed E-state index contributed by atoms with van der Waals surface area (Å²) >= 11 is 0. The second-order valence-electron chi connectivity index (χ2n) is 4.82. The number of amides is 1. The number of hydrogen-bond donors (Lipinski definition) is 3. The number of nitrogens with one attached hydrogen (secondary N) is 2. The topological polar surface area (TPSA) is 87.7 Å². The molecule has 0 fully saturated rings. The van der Waals surface area contributed by atoms with E-state index < -0.39 is 18.7 Å². The minimum Gasteiger partial charge on any atom is -0.481 e. The van der Waals surface area contributed by atoms with Crippen molar-refractivity contribution in [3.8, 4) is 5.75 Å². The number of aliphatic carboxylic acids is 1. The smallest absolute Gasteiger partial charge is 0.341 e. The van der Waals surface area contributed by atoms with Crippen LogP contribution >= 0.6 is 0 Å². The number of carboxylic acid groups (broad SMARTS) is 1. The van der Waals surface area contributed by atoms with Gasteiger partial charge in [0.2, 0.25) is 0 Å². The molecule has 0 spiro atoms. The van der Waals surface area contributed by atoms with Crippen molar-refractivity contribution >= 4 is 17.6 Å². The molecule has 3 N–H and O–H groups in total. The second-order valence-corrected chi connectivity index (χ2v) is 4.82. The van der Waals surface area contributed by atoms with Crippen LogP contribution in [0.2, 0.25) is 0 Å². The average molecular weight is 298 g/mol. The Labute approximate surface area is 126 Å². The van der Waals surface area contributed by atoms with E-state index in [4.69, 9.17) is 9.84 Å². The zero-order valence-corrected chi connectivity index (χ0v) is 11.6. The Morgan fingerprint density at radius 1 is 1.09 bits per heavy atom. The van der Waals surface area contributed by atoms with E-state index >= 15 is 0 Å². The highest BCUT2D eigenvalue weighted by atomic mass is 16.5. The predicted molar refractivity (Wildman–Crippen MR) is 79.8 cm³/mol. The first-order valence-corrected chi connectivity index (χ1v) is 6.75. The van der Waals surface area contributed by atoms with Gasteiger partial charge in [-0.1, -0.05) is 30.3 Å². The van der Waals surface area contributed by atoms with Gasteiger partial charge in [0.1, 0.15) is 11.9 Å². The summed E-state index contributed by atoms with van der Waals surface area (Å²) in [4.78, 5) is 22.8. The first kappa shape index (κ1) is 13.9. The molecule has 1 aliphatic rings. The average Bonchev–Trinajstić information content (AvgIpc) is 2.53. The van der Waals surface area contributed by atoms with Gasteiger partial charge in [0.05, 0.1) is 5.56 Å². The van der Waals surface area contributed by atoms with Gasteiger partial charge in [0, 0.05) is 11.3 Å². The minimum atomic E-state index is -1.05. The Morgan fingerprint density at radius 3 is 2.64 bits per heavy atom. The molecule has 6 heteroatoms. The van der Waals surface area contributed by atoms with Crippen LogP contribution in [-0.2, 0) is 4.79 Å². The number of benzene rings is 2. The van der Waals surface area contributed by atoms with Crippen molar-refractivity contribution in [1.29, 1.82) is 0 Å². The van der Waals surface area contributed by atoms with Gasteiger partial charge in [-0.2, -0.15) is 0 Å². The maximum absolute atomic E-state index is 12.2. The Bertz CT molecular complexity index is 730. The number of ether oxygens (including phenoxy) is 1. The first-order chi connectivity index (χ1) is 10.6. The third kappa shape index (κ3) is 2.71. The number of carboxylic acids is 1. The lowest BCUT2D eigenvalue weighted by Crippen LogP contribution is -2.38. The number of hydrogen-bond acceptors (Lipinski definition) is 4. The highest BCUT2D eigenvalue weighted by Gasteiger charge is 2.26. The molecule has 0 unspecified atom stereocenters. The molecule has 6 nitrogen and oxygen atoms in total. The van der Waals surface area contributed by atoms with Gasteiger partial charge in [0.15, 0.2) is 6.61 Å². The summed E-state index contributed by atoms with van der Waals surface area (Å²) in [5.74, 6) is -0.824. The minimum absolute atomic E-state index is 0.188. The molecular weight excluding hydrogens is 284 g/mol. The maximum Gasteiger partial charge on any atom is 0.341 e. The molecule has 22 heavy (non-hydrogen) atoms. The van der Waals surface area contributed by atoms with Crippen LogP contribution in [0.5, 0.6) is 5.75 Å². The number of anilines is 1. The molecule has 0 saturated heterocycles. The van der Waals surface area contributed by atoms with E-state index in [1.165, 1.54) is 0 Å². The normalized spacial score (nSPS) is 16.2. The molecule has 0 radical (unpaired) electrons. The second kappa shape index (κ2) is 5.77. The number of carbonyl (C=O) groups is 2. The van der Waals surface area contributed by atoms with Gasteiger partial charge in [-0.15, -0.1) is 0 Å². The van der Waals surface area contributed by atoms with Crippen molar-refractivity contribution in [3.63, 3.8) is 0 Å². The molecule has 1 amide bonds. The van der Waals surface area contributed by atoms with Gasteiger partial charge in [0.25, 0.3) is 5.91 Å². The lowest BCUT2D eigenvalue weighted by atomic mass is 10.1. The molecule has 1 heterocycles. The first-order valence-electron chi connectivity index (χ1n) is 6.75. The lowest BCUT2D eigenvalue weighted by Gasteiger charge is -2.29. The van der Waals surface area contributed by atoms with Crippen molar-refractivity contribution in [2.75, 3.05) is 11.9 Å². The molecule has 3 rings (SSSR count). The summed E-state index contributed by atoms with van der Waals surface area (Å²) in [6.07, 6.45) is -0.479. The van der Waals surface area contributed by atoms with Crippen LogP contribution in [0.4, 0.5) is 5.69 Å². The fraction of sp³-hybridized carbons (Fsp3) is 0.125. The number of para-hydroxylation sites is 2. The van der Waals surface area contributed by atoms with E-state index in [1.807, 2.05) is 12.1 Å².